The van der Waals surface area contributed by atoms with Crippen LogP contribution in [-0.4, -0.2) is 60.5 Å². The van der Waals surface area contributed by atoms with Crippen molar-refractivity contribution in [2.75, 3.05) is 0 Å². The Balaban J connectivity index is 0.000000370. The van der Waals surface area contributed by atoms with Gasteiger partial charge >= 0.3 is 77.9 Å². The van der Waals surface area contributed by atoms with Crippen LogP contribution in [0.15, 0.2) is 219 Å². The second-order valence-corrected chi connectivity index (χ2v) is 32.6. The van der Waals surface area contributed by atoms with Crippen molar-refractivity contribution >= 4 is 17.1 Å². The molecule has 0 radical (unpaired) electrons. The molecule has 12 aromatic heterocycles. The number of hydrogen-bond acceptors (Lipinski definition) is 15. The fourth-order valence-electron chi connectivity index (χ4n) is 16.0. The Morgan fingerprint density at radius 3 is 0.667 bits per heavy atom. The summed E-state index contributed by atoms with van der Waals surface area (Å²) >= 11 is 0. The van der Waals surface area contributed by atoms with Gasteiger partial charge in [0.05, 0.1) is 53.5 Å². The Bertz CT molecular complexity index is 7570. The summed E-state index contributed by atoms with van der Waals surface area (Å²) in [6, 6.07) is 62.9. The summed E-state index contributed by atoms with van der Waals surface area (Å²) in [5, 5.41) is 71.2. The van der Waals surface area contributed by atoms with Gasteiger partial charge in [-0.15, -0.1) is 0 Å². The standard InChI is InChI=1S/3C18H12F3N4.3C18H15N4.6CH3.3Os/c2*1-10-4-3-5-11(2)15(10)12-6-7-14(23-9-12)16-13(8-22)17(25-24-16)18(19,20)21;1-10-5-3-4-6-12(10)14-9-23-15(7-11(14)2)16-13(8-22)17(25-24-16)18(19,20)21;2*1-11-6-5-7-12(2)16(11)14-8-9-15(20-10-14)18-17(19-4)13(3)21-22-18;1-11-7-5-6-8-14(11)15-10-20-16(9-12(15)2)18-17(19-4)13(3)21-22-18;;;;;;;;;/h3*3-7,9H,1-2H3;3*5-10H,1-3H3;6*1H3;;;/q12*-1;3*+4. The second kappa shape index (κ2) is 54.4. The molecule has 0 aliphatic carbocycles. The maximum atomic E-state index is 12.9. The predicted octanol–water partition coefficient (Wildman–Crippen LogP) is 28.3. The van der Waals surface area contributed by atoms with Gasteiger partial charge in [0.1, 0.15) is 35.3 Å². The maximum Gasteiger partial charge on any atom is 4.00 e. The first-order chi connectivity index (χ1) is 67.3. The van der Waals surface area contributed by atoms with Gasteiger partial charge in [-0.05, 0) is 240 Å². The van der Waals surface area contributed by atoms with Gasteiger partial charge in [-0.2, -0.15) is 55.3 Å². The first-order valence-corrected chi connectivity index (χ1v) is 43.1. The second-order valence-electron chi connectivity index (χ2n) is 32.6. The molecule has 150 heavy (non-hydrogen) atoms. The number of nitrogens with zero attached hydrogens (tertiary/aromatic N) is 24. The predicted molar refractivity (Wildman–Crippen MR) is 555 cm³/mol. The molecular weight excluding hydrogens is 2450 g/mol. The zero-order valence-electron chi connectivity index (χ0n) is 85.5. The molecule has 0 aliphatic heterocycles. The third-order valence-electron chi connectivity index (χ3n) is 22.9. The van der Waals surface area contributed by atoms with E-state index >= 15 is 0 Å². The minimum absolute atomic E-state index is 0. The Kier molecular flexibility index (Phi) is 45.7. The Morgan fingerprint density at radius 1 is 0.247 bits per heavy atom. The van der Waals surface area contributed by atoms with E-state index in [0.29, 0.717) is 68.3 Å². The summed E-state index contributed by atoms with van der Waals surface area (Å²) in [5.74, 6) is 0. The molecule has 0 unspecified atom stereocenters. The number of halogens is 9. The van der Waals surface area contributed by atoms with E-state index in [-0.39, 0.29) is 138 Å². The van der Waals surface area contributed by atoms with Crippen LogP contribution in [0, 0.1) is 202 Å². The normalized spacial score (nSPS) is 10.3. The molecule has 6 aromatic carbocycles. The van der Waals surface area contributed by atoms with Gasteiger partial charge in [-0.1, -0.05) is 180 Å². The molecule has 0 amide bonds. The van der Waals surface area contributed by atoms with Gasteiger partial charge in [0.25, 0.3) is 0 Å². The summed E-state index contributed by atoms with van der Waals surface area (Å²) in [4.78, 5) is 36.6. The Morgan fingerprint density at radius 2 is 0.453 bits per heavy atom. The summed E-state index contributed by atoms with van der Waals surface area (Å²) in [7, 11) is 0. The summed E-state index contributed by atoms with van der Waals surface area (Å²) in [6.45, 7) is 51.3. The van der Waals surface area contributed by atoms with Crippen LogP contribution in [0.3, 0.4) is 0 Å². The van der Waals surface area contributed by atoms with Crippen LogP contribution in [-0.2, 0) is 77.9 Å². The van der Waals surface area contributed by atoms with Crippen molar-refractivity contribution in [1.29, 1.82) is 15.8 Å². The molecule has 18 rings (SSSR count). The average molecular weight is 2550 g/mol. The van der Waals surface area contributed by atoms with E-state index in [2.05, 4.69) is 189 Å². The molecular formula is C114H99F9N24Os3. The molecule has 12 heterocycles. The summed E-state index contributed by atoms with van der Waals surface area (Å²) in [6.07, 6.45) is -3.96. The molecule has 0 fully saturated rings. The van der Waals surface area contributed by atoms with Crippen molar-refractivity contribution in [2.45, 2.75) is 122 Å². The van der Waals surface area contributed by atoms with Crippen LogP contribution in [0.25, 0.3) is 150 Å². The van der Waals surface area contributed by atoms with E-state index < -0.39 is 52.3 Å². The smallest absolute Gasteiger partial charge is 0.584 e. The van der Waals surface area contributed by atoms with E-state index in [1.165, 1.54) is 62.7 Å². The van der Waals surface area contributed by atoms with Crippen molar-refractivity contribution in [3.8, 4) is 153 Å². The van der Waals surface area contributed by atoms with Gasteiger partial charge in [0.2, 0.25) is 0 Å². The van der Waals surface area contributed by atoms with Gasteiger partial charge in [0, 0.05) is 105 Å². The molecule has 36 heteroatoms. The quantitative estimate of drug-likeness (QED) is 0.0810. The number of rotatable bonds is 12. The number of benzene rings is 6. The van der Waals surface area contributed by atoms with Crippen LogP contribution in [0.5, 0.6) is 0 Å². The molecule has 0 N–H and O–H groups in total. The van der Waals surface area contributed by atoms with Crippen LogP contribution < -0.4 is 30.6 Å². The largest absolute Gasteiger partial charge is 4.00 e. The minimum atomic E-state index is -4.73. The SMILES string of the molecule is Cc1cccc(C)c1-c1ccc(-c2[n-]nc(C(F)(F)F)c2C#N)nc1.Cc1cccc(C)c1-c1ccc(-c2[n-]nc(C(F)(F)F)c2C#N)nc1.Cc1ccccc1-c1cnc(-c2[n-]nc(C(F)(F)F)c2C#N)cc1C.[C-]#[N+]c1c(C)n[n-]c1-c1cc(C)c(-c2ccccc2C)cn1.[C-]#[N+]c1c(C)n[n-]c1-c1ccc(-c2c(C)cccc2C)cn1.[C-]#[N+]c1c(C)n[n-]c1-c1ccc(-c2c(C)cccc2C)cn1.[CH3-].[CH3-].[CH3-].[CH3-].[CH3-].[CH3-].[Os+4].[Os+4].[Os+4]. The topological polar surface area (TPSA) is 324 Å². The van der Waals surface area contributed by atoms with Gasteiger partial charge < -0.3 is 106 Å². The monoisotopic (exact) mass is 2550 g/mol. The molecule has 0 saturated carbocycles. The third kappa shape index (κ3) is 28.0. The van der Waals surface area contributed by atoms with Crippen LogP contribution in [0.4, 0.5) is 56.6 Å². The van der Waals surface area contributed by atoms with E-state index in [9.17, 15) is 39.5 Å². The Hall–Kier alpha value is -16.3. The molecule has 0 aliphatic rings. The van der Waals surface area contributed by atoms with Gasteiger partial charge in [0.15, 0.2) is 17.1 Å². The minimum Gasteiger partial charge on any atom is -0.584 e. The number of hydrogen-bond donors (Lipinski definition) is 0. The molecule has 24 nitrogen and oxygen atoms in total. The number of aryl methyl sites for hydroxylation is 15. The van der Waals surface area contributed by atoms with Crippen LogP contribution in [0.1, 0.15) is 118 Å². The van der Waals surface area contributed by atoms with Crippen molar-refractivity contribution in [3.05, 3.63) is 416 Å². The number of alkyl halides is 9. The third-order valence-corrected chi connectivity index (χ3v) is 22.9. The zero-order valence-corrected chi connectivity index (χ0v) is 93.1. The van der Waals surface area contributed by atoms with E-state index in [0.717, 1.165) is 89.0 Å². The Labute approximate surface area is 907 Å². The van der Waals surface area contributed by atoms with Crippen molar-refractivity contribution in [3.63, 3.8) is 0 Å². The first kappa shape index (κ1) is 126. The van der Waals surface area contributed by atoms with Crippen LogP contribution in [0.2, 0.25) is 0 Å². The molecule has 0 saturated heterocycles. The molecule has 762 valence electrons. The van der Waals surface area contributed by atoms with Crippen molar-refractivity contribution < 1.29 is 98.9 Å². The summed E-state index contributed by atoms with van der Waals surface area (Å²) in [5.41, 5.74) is 27.2. The first-order valence-electron chi connectivity index (χ1n) is 43.1. The number of nitriles is 3. The van der Waals surface area contributed by atoms with E-state index in [1.807, 2.05) is 170 Å². The fraction of sp³-hybridized carbons (Fsp3) is 0.158. The molecule has 0 atom stereocenters. The van der Waals surface area contributed by atoms with Crippen molar-refractivity contribution in [2.24, 2.45) is 0 Å². The average Bonchev–Trinajstić information content (AvgIpc) is 1.69. The molecule has 0 spiro atoms. The molecule has 0 bridgehead atoms. The van der Waals surface area contributed by atoms with E-state index in [4.69, 9.17) is 35.5 Å². The summed E-state index contributed by atoms with van der Waals surface area (Å²) < 4.78 is 116. The van der Waals surface area contributed by atoms with E-state index in [1.54, 1.807) is 69.7 Å². The zero-order chi connectivity index (χ0) is 102. The molecule has 18 aromatic rings. The van der Waals surface area contributed by atoms with Gasteiger partial charge in [-0.25, -0.2) is 14.5 Å². The fourth-order valence-corrected chi connectivity index (χ4v) is 16.0. The van der Waals surface area contributed by atoms with Gasteiger partial charge in [-0.3, -0.25) is 29.9 Å². The maximum absolute atomic E-state index is 12.9. The number of aromatic nitrogens is 18. The van der Waals surface area contributed by atoms with Crippen LogP contribution >= 0.6 is 0 Å². The van der Waals surface area contributed by atoms with Crippen molar-refractivity contribution in [1.82, 2.24) is 91.1 Å². The number of pyridine rings is 6.